The second kappa shape index (κ2) is 8.20. The molecule has 0 atom stereocenters. The number of halogens is 1. The number of ether oxygens (including phenoxy) is 2. The van der Waals surface area contributed by atoms with Crippen LogP contribution in [0, 0.1) is 11.8 Å². The summed E-state index contributed by atoms with van der Waals surface area (Å²) in [5, 5.41) is 0.915. The van der Waals surface area contributed by atoms with Crippen LogP contribution in [0.25, 0.3) is 0 Å². The molecule has 86 valence electrons. The first-order valence-corrected chi connectivity index (χ1v) is 6.25. The summed E-state index contributed by atoms with van der Waals surface area (Å²) in [4.78, 5) is 0. The van der Waals surface area contributed by atoms with Gasteiger partial charge in [-0.25, -0.2) is 0 Å². The molecule has 0 radical (unpaired) electrons. The van der Waals surface area contributed by atoms with E-state index in [1.54, 1.807) is 7.11 Å². The second-order valence-corrected chi connectivity index (χ2v) is 3.90. The highest BCUT2D eigenvalue weighted by Gasteiger charge is 1.92. The number of benzene rings is 1. The van der Waals surface area contributed by atoms with E-state index in [0.717, 1.165) is 23.1 Å². The Morgan fingerprint density at radius 1 is 1.19 bits per heavy atom. The van der Waals surface area contributed by atoms with Crippen molar-refractivity contribution < 1.29 is 9.47 Å². The quantitative estimate of drug-likeness (QED) is 0.470. The largest absolute Gasteiger partial charge is 0.491 e. The summed E-state index contributed by atoms with van der Waals surface area (Å²) in [6.07, 6.45) is 0.867. The van der Waals surface area contributed by atoms with Gasteiger partial charge in [0.2, 0.25) is 0 Å². The Hall–Kier alpha value is -0.980. The van der Waals surface area contributed by atoms with E-state index >= 15 is 0 Å². The molecule has 0 aliphatic rings. The maximum Gasteiger partial charge on any atom is 0.119 e. The van der Waals surface area contributed by atoms with Crippen molar-refractivity contribution in [1.29, 1.82) is 0 Å². The smallest absolute Gasteiger partial charge is 0.119 e. The van der Waals surface area contributed by atoms with E-state index in [4.69, 9.17) is 9.47 Å². The van der Waals surface area contributed by atoms with Crippen LogP contribution in [-0.4, -0.2) is 25.7 Å². The van der Waals surface area contributed by atoms with E-state index < -0.39 is 0 Å². The maximum atomic E-state index is 5.45. The average Bonchev–Trinajstić information content (AvgIpc) is 2.32. The monoisotopic (exact) mass is 282 g/mol. The Kier molecular flexibility index (Phi) is 6.71. The zero-order valence-corrected chi connectivity index (χ0v) is 10.9. The number of rotatable bonds is 5. The van der Waals surface area contributed by atoms with Crippen molar-refractivity contribution in [2.75, 3.05) is 25.7 Å². The molecule has 0 spiro atoms. The van der Waals surface area contributed by atoms with E-state index in [2.05, 4.69) is 27.8 Å². The molecule has 0 saturated heterocycles. The molecule has 16 heavy (non-hydrogen) atoms. The Labute approximate surface area is 105 Å². The number of methoxy groups -OCH3 is 1. The van der Waals surface area contributed by atoms with Crippen molar-refractivity contribution in [3.05, 3.63) is 29.8 Å². The average molecular weight is 283 g/mol. The van der Waals surface area contributed by atoms with Gasteiger partial charge in [0.05, 0.1) is 6.61 Å². The first-order chi connectivity index (χ1) is 7.86. The molecular weight excluding hydrogens is 268 g/mol. The summed E-state index contributed by atoms with van der Waals surface area (Å²) in [6.45, 7) is 1.18. The molecular formula is C13H15BrO2. The molecule has 1 rings (SSSR count). The lowest BCUT2D eigenvalue weighted by Crippen LogP contribution is -2.03. The summed E-state index contributed by atoms with van der Waals surface area (Å²) in [5.41, 5.74) is 1.01. The lowest BCUT2D eigenvalue weighted by Gasteiger charge is -2.04. The number of alkyl halides is 1. The van der Waals surface area contributed by atoms with Gasteiger partial charge in [-0.3, -0.25) is 0 Å². The minimum absolute atomic E-state index is 0.575. The number of hydrogen-bond acceptors (Lipinski definition) is 2. The zero-order chi connectivity index (χ0) is 11.6. The van der Waals surface area contributed by atoms with Gasteiger partial charge in [-0.15, -0.1) is 0 Å². The molecule has 3 heteroatoms. The summed E-state index contributed by atoms with van der Waals surface area (Å²) in [5.74, 6) is 7.00. The van der Waals surface area contributed by atoms with Crippen LogP contribution in [0.2, 0.25) is 0 Å². The third-order valence-electron chi connectivity index (χ3n) is 1.86. The van der Waals surface area contributed by atoms with Crippen molar-refractivity contribution in [2.24, 2.45) is 0 Å². The van der Waals surface area contributed by atoms with Crippen molar-refractivity contribution in [2.45, 2.75) is 6.42 Å². The number of hydrogen-bond donors (Lipinski definition) is 0. The molecule has 0 heterocycles. The SMILES string of the molecule is COCCOc1ccc(C#CCCBr)cc1. The summed E-state index contributed by atoms with van der Waals surface area (Å²) in [6, 6.07) is 7.77. The molecule has 1 aromatic carbocycles. The Bertz CT molecular complexity index is 348. The molecule has 1 aromatic rings. The van der Waals surface area contributed by atoms with Gasteiger partial charge in [0.1, 0.15) is 12.4 Å². The molecule has 0 amide bonds. The fraction of sp³-hybridized carbons (Fsp3) is 0.385. The molecule has 0 N–H and O–H groups in total. The summed E-state index contributed by atoms with van der Waals surface area (Å²) >= 11 is 3.34. The van der Waals surface area contributed by atoms with Crippen molar-refractivity contribution in [1.82, 2.24) is 0 Å². The van der Waals surface area contributed by atoms with Crippen LogP contribution < -0.4 is 4.74 Å². The van der Waals surface area contributed by atoms with Crippen LogP contribution in [0.15, 0.2) is 24.3 Å². The van der Waals surface area contributed by atoms with E-state index in [-0.39, 0.29) is 0 Å². The van der Waals surface area contributed by atoms with Gasteiger partial charge >= 0.3 is 0 Å². The van der Waals surface area contributed by atoms with E-state index in [0.29, 0.717) is 13.2 Å². The minimum atomic E-state index is 0.575. The highest BCUT2D eigenvalue weighted by molar-refractivity contribution is 9.09. The molecule has 0 bridgehead atoms. The van der Waals surface area contributed by atoms with E-state index in [9.17, 15) is 0 Å². The van der Waals surface area contributed by atoms with Crippen LogP contribution in [-0.2, 0) is 4.74 Å². The fourth-order valence-corrected chi connectivity index (χ4v) is 1.29. The minimum Gasteiger partial charge on any atom is -0.491 e. The standard InChI is InChI=1S/C13H15BrO2/c1-15-10-11-16-13-7-5-12(6-8-13)4-2-3-9-14/h5-8H,3,9-11H2,1H3. The molecule has 0 aromatic heterocycles. The maximum absolute atomic E-state index is 5.45. The lowest BCUT2D eigenvalue weighted by molar-refractivity contribution is 0.146. The molecule has 0 fully saturated rings. The van der Waals surface area contributed by atoms with Crippen LogP contribution in [0.1, 0.15) is 12.0 Å². The molecule has 0 aliphatic heterocycles. The van der Waals surface area contributed by atoms with Gasteiger partial charge in [0.25, 0.3) is 0 Å². The fourth-order valence-electron chi connectivity index (χ4n) is 1.09. The van der Waals surface area contributed by atoms with Crippen LogP contribution in [0.3, 0.4) is 0 Å². The lowest BCUT2D eigenvalue weighted by atomic mass is 10.2. The second-order valence-electron chi connectivity index (χ2n) is 3.11. The van der Waals surface area contributed by atoms with Gasteiger partial charge in [-0.2, -0.15) is 0 Å². The van der Waals surface area contributed by atoms with Gasteiger partial charge < -0.3 is 9.47 Å². The summed E-state index contributed by atoms with van der Waals surface area (Å²) in [7, 11) is 1.66. The molecule has 0 unspecified atom stereocenters. The third kappa shape index (κ3) is 5.20. The predicted molar refractivity (Wildman–Crippen MR) is 69.1 cm³/mol. The molecule has 0 aliphatic carbocycles. The van der Waals surface area contributed by atoms with Gasteiger partial charge in [-0.1, -0.05) is 27.8 Å². The first-order valence-electron chi connectivity index (χ1n) is 5.13. The highest BCUT2D eigenvalue weighted by Crippen LogP contribution is 2.11. The van der Waals surface area contributed by atoms with Crippen molar-refractivity contribution >= 4 is 15.9 Å². The predicted octanol–water partition coefficient (Wildman–Crippen LogP) is 2.85. The van der Waals surface area contributed by atoms with E-state index in [1.807, 2.05) is 24.3 Å². The Balaban J connectivity index is 2.45. The Morgan fingerprint density at radius 2 is 1.94 bits per heavy atom. The van der Waals surface area contributed by atoms with E-state index in [1.165, 1.54) is 0 Å². The first kappa shape index (κ1) is 13.1. The van der Waals surface area contributed by atoms with Crippen LogP contribution >= 0.6 is 15.9 Å². The zero-order valence-electron chi connectivity index (χ0n) is 9.33. The van der Waals surface area contributed by atoms with Gasteiger partial charge in [0, 0.05) is 24.4 Å². The highest BCUT2D eigenvalue weighted by atomic mass is 79.9. The Morgan fingerprint density at radius 3 is 2.56 bits per heavy atom. The normalized spacial score (nSPS) is 9.38. The molecule has 0 saturated carbocycles. The van der Waals surface area contributed by atoms with Crippen LogP contribution in [0.5, 0.6) is 5.75 Å². The van der Waals surface area contributed by atoms with Crippen molar-refractivity contribution in [3.63, 3.8) is 0 Å². The summed E-state index contributed by atoms with van der Waals surface area (Å²) < 4.78 is 10.3. The van der Waals surface area contributed by atoms with Crippen molar-refractivity contribution in [3.8, 4) is 17.6 Å². The third-order valence-corrected chi connectivity index (χ3v) is 2.26. The van der Waals surface area contributed by atoms with Crippen LogP contribution in [0.4, 0.5) is 0 Å². The topological polar surface area (TPSA) is 18.5 Å². The van der Waals surface area contributed by atoms with Gasteiger partial charge in [-0.05, 0) is 24.3 Å². The molecule has 2 nitrogen and oxygen atoms in total. The van der Waals surface area contributed by atoms with Gasteiger partial charge in [0.15, 0.2) is 0 Å².